The quantitative estimate of drug-likeness (QED) is 0.758. The van der Waals surface area contributed by atoms with E-state index in [0.29, 0.717) is 31.3 Å². The van der Waals surface area contributed by atoms with E-state index in [-0.39, 0.29) is 5.91 Å². The van der Waals surface area contributed by atoms with Crippen molar-refractivity contribution in [3.8, 4) is 0 Å². The molecular formula is C9H14N4O3. The molecule has 7 heteroatoms. The summed E-state index contributed by atoms with van der Waals surface area (Å²) in [5.74, 6) is 0.277. The Morgan fingerprint density at radius 3 is 2.81 bits per heavy atom. The number of hydrogen-bond acceptors (Lipinski definition) is 6. The fourth-order valence-corrected chi connectivity index (χ4v) is 1.48. The average molecular weight is 226 g/mol. The Morgan fingerprint density at radius 2 is 2.19 bits per heavy atom. The molecule has 0 saturated carbocycles. The molecule has 16 heavy (non-hydrogen) atoms. The van der Waals surface area contributed by atoms with Gasteiger partial charge in [0.2, 0.25) is 5.91 Å². The van der Waals surface area contributed by atoms with Crippen LogP contribution in [0, 0.1) is 6.92 Å². The number of anilines is 1. The Morgan fingerprint density at radius 1 is 1.44 bits per heavy atom. The van der Waals surface area contributed by atoms with Gasteiger partial charge in [-0.25, -0.2) is 4.63 Å². The first-order valence-corrected chi connectivity index (χ1v) is 5.15. The predicted octanol–water partition coefficient (Wildman–Crippen LogP) is -0.351. The highest BCUT2D eigenvalue weighted by atomic mass is 16.6. The summed E-state index contributed by atoms with van der Waals surface area (Å²) >= 11 is 0. The van der Waals surface area contributed by atoms with E-state index in [1.807, 2.05) is 4.90 Å². The van der Waals surface area contributed by atoms with Gasteiger partial charge < -0.3 is 10.1 Å². The summed E-state index contributed by atoms with van der Waals surface area (Å²) < 4.78 is 9.68. The van der Waals surface area contributed by atoms with Crippen LogP contribution < -0.4 is 5.32 Å². The second kappa shape index (κ2) is 5.04. The zero-order valence-electron chi connectivity index (χ0n) is 9.10. The number of nitrogens with zero attached hydrogens (tertiary/aromatic N) is 3. The van der Waals surface area contributed by atoms with Gasteiger partial charge in [0.05, 0.1) is 19.8 Å². The number of ether oxygens (including phenoxy) is 1. The van der Waals surface area contributed by atoms with Crippen molar-refractivity contribution in [1.82, 2.24) is 15.2 Å². The lowest BCUT2D eigenvalue weighted by Gasteiger charge is -2.25. The highest BCUT2D eigenvalue weighted by Gasteiger charge is 2.15. The Labute approximate surface area is 92.7 Å². The van der Waals surface area contributed by atoms with Crippen LogP contribution in [0.1, 0.15) is 5.69 Å². The topological polar surface area (TPSA) is 80.5 Å². The van der Waals surface area contributed by atoms with Crippen molar-refractivity contribution in [1.29, 1.82) is 0 Å². The van der Waals surface area contributed by atoms with Gasteiger partial charge in [-0.05, 0) is 12.1 Å². The second-order valence-electron chi connectivity index (χ2n) is 3.63. The van der Waals surface area contributed by atoms with Crippen molar-refractivity contribution in [2.24, 2.45) is 0 Å². The van der Waals surface area contributed by atoms with Crippen LogP contribution in [-0.2, 0) is 9.53 Å². The van der Waals surface area contributed by atoms with Gasteiger partial charge in [0, 0.05) is 13.1 Å². The zero-order valence-corrected chi connectivity index (χ0v) is 9.10. The molecule has 1 aromatic rings. The minimum Gasteiger partial charge on any atom is -0.379 e. The molecule has 1 N–H and O–H groups in total. The van der Waals surface area contributed by atoms with E-state index in [4.69, 9.17) is 4.74 Å². The van der Waals surface area contributed by atoms with Crippen LogP contribution in [0.15, 0.2) is 4.63 Å². The van der Waals surface area contributed by atoms with Crippen molar-refractivity contribution in [2.75, 3.05) is 38.2 Å². The van der Waals surface area contributed by atoms with Crippen LogP contribution in [0.2, 0.25) is 0 Å². The molecule has 1 aliphatic rings. The summed E-state index contributed by atoms with van der Waals surface area (Å²) in [6, 6.07) is 0. The lowest BCUT2D eigenvalue weighted by Crippen LogP contribution is -2.41. The van der Waals surface area contributed by atoms with Gasteiger partial charge in [0.15, 0.2) is 5.82 Å². The first-order valence-electron chi connectivity index (χ1n) is 5.15. The highest BCUT2D eigenvalue weighted by Crippen LogP contribution is 2.07. The number of aromatic nitrogens is 2. The van der Waals surface area contributed by atoms with Crippen LogP contribution in [0.3, 0.4) is 0 Å². The van der Waals surface area contributed by atoms with E-state index in [1.54, 1.807) is 6.92 Å². The standard InChI is InChI=1S/C9H14N4O3/c1-7-9(12-16-11-7)10-8(14)6-13-2-4-15-5-3-13/h2-6H2,1H3,(H,10,12,14). The number of hydrogen-bond donors (Lipinski definition) is 1. The maximum atomic E-state index is 11.6. The molecule has 0 atom stereocenters. The summed E-state index contributed by atoms with van der Waals surface area (Å²) in [4.78, 5) is 13.7. The van der Waals surface area contributed by atoms with E-state index in [2.05, 4.69) is 20.3 Å². The molecule has 2 rings (SSSR count). The Bertz CT molecular complexity index is 359. The summed E-state index contributed by atoms with van der Waals surface area (Å²) in [6.07, 6.45) is 0. The number of morpholine rings is 1. The van der Waals surface area contributed by atoms with Crippen LogP contribution in [0.4, 0.5) is 5.82 Å². The average Bonchev–Trinajstić information content (AvgIpc) is 2.66. The largest absolute Gasteiger partial charge is 0.379 e. The van der Waals surface area contributed by atoms with Crippen molar-refractivity contribution >= 4 is 11.7 Å². The number of nitrogens with one attached hydrogen (secondary N) is 1. The van der Waals surface area contributed by atoms with Gasteiger partial charge in [-0.1, -0.05) is 5.16 Å². The molecule has 1 amide bonds. The van der Waals surface area contributed by atoms with Crippen molar-refractivity contribution in [3.63, 3.8) is 0 Å². The lowest BCUT2D eigenvalue weighted by atomic mass is 10.4. The molecule has 1 fully saturated rings. The minimum absolute atomic E-state index is 0.110. The monoisotopic (exact) mass is 226 g/mol. The molecule has 7 nitrogen and oxygen atoms in total. The molecule has 0 radical (unpaired) electrons. The molecule has 88 valence electrons. The normalized spacial score (nSPS) is 17.3. The zero-order chi connectivity index (χ0) is 11.4. The molecule has 0 spiro atoms. The fraction of sp³-hybridized carbons (Fsp3) is 0.667. The van der Waals surface area contributed by atoms with Crippen molar-refractivity contribution < 1.29 is 14.2 Å². The van der Waals surface area contributed by atoms with Gasteiger partial charge in [0.1, 0.15) is 5.69 Å². The number of carbonyl (C=O) groups excluding carboxylic acids is 1. The highest BCUT2D eigenvalue weighted by molar-refractivity contribution is 5.91. The second-order valence-corrected chi connectivity index (χ2v) is 3.63. The predicted molar refractivity (Wildman–Crippen MR) is 54.9 cm³/mol. The summed E-state index contributed by atoms with van der Waals surface area (Å²) in [5, 5.41) is 9.82. The number of amides is 1. The van der Waals surface area contributed by atoms with Crippen LogP contribution in [0.5, 0.6) is 0 Å². The summed E-state index contributed by atoms with van der Waals surface area (Å²) in [6.45, 7) is 4.99. The van der Waals surface area contributed by atoms with Crippen molar-refractivity contribution in [3.05, 3.63) is 5.69 Å². The van der Waals surface area contributed by atoms with Crippen molar-refractivity contribution in [2.45, 2.75) is 6.92 Å². The van der Waals surface area contributed by atoms with E-state index in [9.17, 15) is 4.79 Å². The molecule has 1 aliphatic heterocycles. The SMILES string of the molecule is Cc1nonc1NC(=O)CN1CCOCC1. The molecule has 0 unspecified atom stereocenters. The lowest BCUT2D eigenvalue weighted by molar-refractivity contribution is -0.118. The molecule has 1 saturated heterocycles. The van der Waals surface area contributed by atoms with E-state index < -0.39 is 0 Å². The van der Waals surface area contributed by atoms with Crippen LogP contribution >= 0.6 is 0 Å². The number of aryl methyl sites for hydroxylation is 1. The van der Waals surface area contributed by atoms with Crippen LogP contribution in [-0.4, -0.2) is 54.0 Å². The number of rotatable bonds is 3. The molecule has 2 heterocycles. The first-order chi connectivity index (χ1) is 7.75. The summed E-state index contributed by atoms with van der Waals surface area (Å²) in [7, 11) is 0. The third kappa shape index (κ3) is 2.77. The molecule has 1 aromatic heterocycles. The Balaban J connectivity index is 1.82. The maximum absolute atomic E-state index is 11.6. The third-order valence-electron chi connectivity index (χ3n) is 2.38. The first kappa shape index (κ1) is 11.0. The summed E-state index contributed by atoms with van der Waals surface area (Å²) in [5.41, 5.74) is 0.579. The van der Waals surface area contributed by atoms with Crippen LogP contribution in [0.25, 0.3) is 0 Å². The third-order valence-corrected chi connectivity index (χ3v) is 2.38. The Hall–Kier alpha value is -1.47. The van der Waals surface area contributed by atoms with Gasteiger partial charge in [-0.2, -0.15) is 0 Å². The maximum Gasteiger partial charge on any atom is 0.239 e. The smallest absolute Gasteiger partial charge is 0.239 e. The van der Waals surface area contributed by atoms with Gasteiger partial charge in [-0.3, -0.25) is 9.69 Å². The minimum atomic E-state index is -0.110. The van der Waals surface area contributed by atoms with E-state index in [1.165, 1.54) is 0 Å². The van der Waals surface area contributed by atoms with Gasteiger partial charge in [-0.15, -0.1) is 0 Å². The van der Waals surface area contributed by atoms with Gasteiger partial charge >= 0.3 is 0 Å². The molecule has 0 aromatic carbocycles. The molecular weight excluding hydrogens is 212 g/mol. The molecule has 0 bridgehead atoms. The Kier molecular flexibility index (Phi) is 3.47. The van der Waals surface area contributed by atoms with Gasteiger partial charge in [0.25, 0.3) is 0 Å². The molecule has 0 aliphatic carbocycles. The van der Waals surface area contributed by atoms with E-state index >= 15 is 0 Å². The van der Waals surface area contributed by atoms with E-state index in [0.717, 1.165) is 13.1 Å². The number of carbonyl (C=O) groups is 1. The fourth-order valence-electron chi connectivity index (χ4n) is 1.48.